The molecule has 0 amide bonds. The Morgan fingerprint density at radius 2 is 2.14 bits per heavy atom. The molecule has 0 heterocycles. The maximum absolute atomic E-state index is 11.7. The first-order valence-electron chi connectivity index (χ1n) is 4.47. The second-order valence-electron chi connectivity index (χ2n) is 2.93. The molecule has 0 spiro atoms. The third-order valence-corrected chi connectivity index (χ3v) is 3.36. The second-order valence-corrected chi connectivity index (χ2v) is 4.47. The molecule has 0 bridgehead atoms. The van der Waals surface area contributed by atoms with Crippen molar-refractivity contribution in [1.82, 2.24) is 0 Å². The Kier molecular flexibility index (Phi) is 4.62. The number of methoxy groups -OCH3 is 1. The molecular weight excluding hydrogens is 198 g/mol. The van der Waals surface area contributed by atoms with Crippen LogP contribution in [0.3, 0.4) is 0 Å². The van der Waals surface area contributed by atoms with Gasteiger partial charge in [-0.1, -0.05) is 12.1 Å². The Morgan fingerprint density at radius 3 is 2.79 bits per heavy atom. The summed E-state index contributed by atoms with van der Waals surface area (Å²) in [6, 6.07) is 7.26. The van der Waals surface area contributed by atoms with Crippen LogP contribution in [0.15, 0.2) is 29.2 Å². The Bertz CT molecular complexity index is 315. The number of hydrogen-bond donors (Lipinski definition) is 1. The average Bonchev–Trinajstić information content (AvgIpc) is 2.18. The Labute approximate surface area is 86.7 Å². The van der Waals surface area contributed by atoms with Crippen molar-refractivity contribution in [3.63, 3.8) is 0 Å². The molecule has 1 unspecified atom stereocenters. The first-order valence-corrected chi connectivity index (χ1v) is 5.79. The van der Waals surface area contributed by atoms with Crippen molar-refractivity contribution < 1.29 is 8.95 Å². The number of para-hydroxylation sites is 1. The normalized spacial score (nSPS) is 12.6. The molecule has 0 saturated heterocycles. The third kappa shape index (κ3) is 3.12. The van der Waals surface area contributed by atoms with Gasteiger partial charge in [0.2, 0.25) is 0 Å². The zero-order chi connectivity index (χ0) is 10.4. The molecule has 1 rings (SSSR count). The highest BCUT2D eigenvalue weighted by molar-refractivity contribution is 7.85. The van der Waals surface area contributed by atoms with Crippen LogP contribution in [0.5, 0.6) is 0 Å². The van der Waals surface area contributed by atoms with E-state index >= 15 is 0 Å². The van der Waals surface area contributed by atoms with E-state index in [-0.39, 0.29) is 0 Å². The van der Waals surface area contributed by atoms with Gasteiger partial charge in [-0.25, -0.2) is 0 Å². The monoisotopic (exact) mass is 213 g/mol. The summed E-state index contributed by atoms with van der Waals surface area (Å²) >= 11 is 0. The van der Waals surface area contributed by atoms with Crippen molar-refractivity contribution in [2.24, 2.45) is 0 Å². The van der Waals surface area contributed by atoms with Gasteiger partial charge >= 0.3 is 0 Å². The van der Waals surface area contributed by atoms with Gasteiger partial charge in [0.15, 0.2) is 0 Å². The standard InChI is InChI=1S/C10H15NO2S/c1-13-7-4-8-14(12)10-6-3-2-5-9(10)11/h2-3,5-6H,4,7-8,11H2,1H3. The van der Waals surface area contributed by atoms with Gasteiger partial charge in [0, 0.05) is 25.2 Å². The van der Waals surface area contributed by atoms with Gasteiger partial charge in [0.05, 0.1) is 15.7 Å². The van der Waals surface area contributed by atoms with E-state index in [1.54, 1.807) is 19.2 Å². The van der Waals surface area contributed by atoms with Gasteiger partial charge in [-0.2, -0.15) is 0 Å². The number of anilines is 1. The lowest BCUT2D eigenvalue weighted by atomic mass is 10.3. The zero-order valence-electron chi connectivity index (χ0n) is 8.23. The fraction of sp³-hybridized carbons (Fsp3) is 0.400. The van der Waals surface area contributed by atoms with Crippen LogP contribution in [0.25, 0.3) is 0 Å². The summed E-state index contributed by atoms with van der Waals surface area (Å²) in [5.74, 6) is 0.599. The fourth-order valence-electron chi connectivity index (χ4n) is 1.13. The molecule has 1 aromatic carbocycles. The smallest absolute Gasteiger partial charge is 0.0617 e. The van der Waals surface area contributed by atoms with Crippen LogP contribution < -0.4 is 5.73 Å². The van der Waals surface area contributed by atoms with E-state index in [0.29, 0.717) is 18.0 Å². The Hall–Kier alpha value is -0.870. The maximum Gasteiger partial charge on any atom is 0.0617 e. The molecular formula is C10H15NO2S. The quantitative estimate of drug-likeness (QED) is 0.594. The fourth-order valence-corrected chi connectivity index (χ4v) is 2.29. The van der Waals surface area contributed by atoms with Gasteiger partial charge in [0.1, 0.15) is 0 Å². The summed E-state index contributed by atoms with van der Waals surface area (Å²) in [4.78, 5) is 0.726. The van der Waals surface area contributed by atoms with E-state index < -0.39 is 10.8 Å². The topological polar surface area (TPSA) is 52.3 Å². The van der Waals surface area contributed by atoms with E-state index in [9.17, 15) is 4.21 Å². The minimum absolute atomic E-state index is 0.599. The van der Waals surface area contributed by atoms with Gasteiger partial charge in [0.25, 0.3) is 0 Å². The van der Waals surface area contributed by atoms with Crippen LogP contribution in [0.2, 0.25) is 0 Å². The Balaban J connectivity index is 2.56. The van der Waals surface area contributed by atoms with Crippen LogP contribution in [0, 0.1) is 0 Å². The molecule has 0 radical (unpaired) electrons. The number of benzene rings is 1. The minimum Gasteiger partial charge on any atom is -0.398 e. The van der Waals surface area contributed by atoms with Crippen LogP contribution in [0.1, 0.15) is 6.42 Å². The molecule has 0 aliphatic carbocycles. The second kappa shape index (κ2) is 5.78. The Morgan fingerprint density at radius 1 is 1.43 bits per heavy atom. The SMILES string of the molecule is COCCCS(=O)c1ccccc1N. The van der Waals surface area contributed by atoms with E-state index in [0.717, 1.165) is 11.3 Å². The molecule has 0 aliphatic heterocycles. The first kappa shape index (κ1) is 11.2. The maximum atomic E-state index is 11.7. The summed E-state index contributed by atoms with van der Waals surface area (Å²) in [5.41, 5.74) is 6.30. The average molecular weight is 213 g/mol. The lowest BCUT2D eigenvalue weighted by molar-refractivity contribution is 0.200. The minimum atomic E-state index is -1.00. The number of ether oxygens (including phenoxy) is 1. The largest absolute Gasteiger partial charge is 0.398 e. The number of nitrogen functional groups attached to an aromatic ring is 1. The number of nitrogens with two attached hydrogens (primary N) is 1. The van der Waals surface area contributed by atoms with Crippen LogP contribution in [-0.4, -0.2) is 23.7 Å². The summed E-state index contributed by atoms with van der Waals surface area (Å²) in [7, 11) is 0.637. The molecule has 2 N–H and O–H groups in total. The molecule has 78 valence electrons. The number of hydrogen-bond acceptors (Lipinski definition) is 3. The predicted molar refractivity (Wildman–Crippen MR) is 58.6 cm³/mol. The summed E-state index contributed by atoms with van der Waals surface area (Å²) in [5, 5.41) is 0. The van der Waals surface area contributed by atoms with Crippen molar-refractivity contribution >= 4 is 16.5 Å². The van der Waals surface area contributed by atoms with E-state index in [1.165, 1.54) is 0 Å². The highest BCUT2D eigenvalue weighted by Crippen LogP contribution is 2.15. The molecule has 1 atom stereocenters. The summed E-state index contributed by atoms with van der Waals surface area (Å²) < 4.78 is 16.6. The highest BCUT2D eigenvalue weighted by atomic mass is 32.2. The molecule has 1 aromatic rings. The molecule has 0 fully saturated rings. The zero-order valence-corrected chi connectivity index (χ0v) is 9.05. The van der Waals surface area contributed by atoms with Crippen LogP contribution in [0.4, 0.5) is 5.69 Å². The van der Waals surface area contributed by atoms with Crippen LogP contribution in [-0.2, 0) is 15.5 Å². The predicted octanol–water partition coefficient (Wildman–Crippen LogP) is 1.41. The van der Waals surface area contributed by atoms with Crippen molar-refractivity contribution in [2.45, 2.75) is 11.3 Å². The number of rotatable bonds is 5. The first-order chi connectivity index (χ1) is 6.75. The molecule has 3 nitrogen and oxygen atoms in total. The van der Waals surface area contributed by atoms with Crippen molar-refractivity contribution in [3.05, 3.63) is 24.3 Å². The third-order valence-electron chi connectivity index (χ3n) is 1.84. The summed E-state index contributed by atoms with van der Waals surface area (Å²) in [6.45, 7) is 0.637. The molecule has 0 saturated carbocycles. The van der Waals surface area contributed by atoms with Crippen molar-refractivity contribution in [1.29, 1.82) is 0 Å². The van der Waals surface area contributed by atoms with Gasteiger partial charge < -0.3 is 10.5 Å². The highest BCUT2D eigenvalue weighted by Gasteiger charge is 2.06. The lowest BCUT2D eigenvalue weighted by Gasteiger charge is -2.04. The van der Waals surface area contributed by atoms with Gasteiger partial charge in [-0.3, -0.25) is 4.21 Å². The molecule has 4 heteroatoms. The lowest BCUT2D eigenvalue weighted by Crippen LogP contribution is -2.04. The van der Waals surface area contributed by atoms with Gasteiger partial charge in [-0.05, 0) is 18.6 Å². The van der Waals surface area contributed by atoms with Gasteiger partial charge in [-0.15, -0.1) is 0 Å². The molecule has 14 heavy (non-hydrogen) atoms. The van der Waals surface area contributed by atoms with Crippen LogP contribution >= 0.6 is 0 Å². The van der Waals surface area contributed by atoms with Crippen molar-refractivity contribution in [2.75, 3.05) is 25.2 Å². The van der Waals surface area contributed by atoms with E-state index in [2.05, 4.69) is 0 Å². The van der Waals surface area contributed by atoms with E-state index in [4.69, 9.17) is 10.5 Å². The summed E-state index contributed by atoms with van der Waals surface area (Å²) in [6.07, 6.45) is 0.789. The van der Waals surface area contributed by atoms with E-state index in [1.807, 2.05) is 12.1 Å². The molecule has 0 aliphatic rings. The van der Waals surface area contributed by atoms with Crippen molar-refractivity contribution in [3.8, 4) is 0 Å². The molecule has 0 aromatic heterocycles.